The molecule has 1 aromatic heterocycles. The Morgan fingerprint density at radius 2 is 1.80 bits per heavy atom. The molecule has 0 unspecified atom stereocenters. The number of benzene rings is 1. The highest BCUT2D eigenvalue weighted by Gasteiger charge is 2.14. The fraction of sp³-hybridized carbons (Fsp3) is 0.353. The van der Waals surface area contributed by atoms with Crippen LogP contribution in [0.2, 0.25) is 0 Å². The number of aryl methyl sites for hydroxylation is 1. The van der Waals surface area contributed by atoms with Crippen LogP contribution >= 0.6 is 0 Å². The number of carbonyl (C=O) groups is 1. The van der Waals surface area contributed by atoms with E-state index < -0.39 is 0 Å². The molecule has 0 aliphatic rings. The molecule has 0 atom stereocenters. The highest BCUT2D eigenvalue weighted by atomic mass is 16.5. The van der Waals surface area contributed by atoms with E-state index >= 15 is 0 Å². The summed E-state index contributed by atoms with van der Waals surface area (Å²) in [6, 6.07) is 11.6. The zero-order valence-electron chi connectivity index (χ0n) is 12.5. The topological polar surface area (TPSA) is 31.2 Å². The van der Waals surface area contributed by atoms with Crippen molar-refractivity contribution in [1.29, 1.82) is 0 Å². The second-order valence-electron chi connectivity index (χ2n) is 5.99. The van der Waals surface area contributed by atoms with Crippen molar-refractivity contribution in [1.82, 2.24) is 4.57 Å². The fourth-order valence-corrected chi connectivity index (χ4v) is 2.02. The standard InChI is InChI=1S/C17H21NO2/c1-17(2,3)13-7-9-14(10-8-13)20-12-16(19)15-6-5-11-18(15)4/h5-11H,12H2,1-4H3. The number of Topliss-reactive ketones (excluding diaryl/α,β-unsaturated/α-hetero) is 1. The van der Waals surface area contributed by atoms with Crippen LogP contribution in [0.1, 0.15) is 36.8 Å². The van der Waals surface area contributed by atoms with Gasteiger partial charge >= 0.3 is 0 Å². The summed E-state index contributed by atoms with van der Waals surface area (Å²) in [7, 11) is 1.85. The lowest BCUT2D eigenvalue weighted by molar-refractivity contribution is 0.0913. The average Bonchev–Trinajstić information content (AvgIpc) is 2.82. The van der Waals surface area contributed by atoms with Crippen molar-refractivity contribution in [2.24, 2.45) is 7.05 Å². The SMILES string of the molecule is Cn1cccc1C(=O)COc1ccc(C(C)(C)C)cc1. The number of hydrogen-bond acceptors (Lipinski definition) is 2. The van der Waals surface area contributed by atoms with Crippen LogP contribution in [-0.4, -0.2) is 17.0 Å². The minimum atomic E-state index is -0.0163. The van der Waals surface area contributed by atoms with Crippen molar-refractivity contribution in [3.05, 3.63) is 53.9 Å². The van der Waals surface area contributed by atoms with Gasteiger partial charge in [-0.3, -0.25) is 4.79 Å². The molecule has 3 nitrogen and oxygen atoms in total. The van der Waals surface area contributed by atoms with Gasteiger partial charge in [0.05, 0.1) is 5.69 Å². The normalized spacial score (nSPS) is 11.4. The molecule has 20 heavy (non-hydrogen) atoms. The first-order valence-corrected chi connectivity index (χ1v) is 6.76. The third-order valence-corrected chi connectivity index (χ3v) is 3.32. The number of aromatic nitrogens is 1. The van der Waals surface area contributed by atoms with Crippen LogP contribution in [0, 0.1) is 0 Å². The van der Waals surface area contributed by atoms with Gasteiger partial charge in [-0.15, -0.1) is 0 Å². The van der Waals surface area contributed by atoms with Gasteiger partial charge in [-0.2, -0.15) is 0 Å². The van der Waals surface area contributed by atoms with Gasteiger partial charge in [-0.05, 0) is 35.2 Å². The van der Waals surface area contributed by atoms with Gasteiger partial charge in [0.25, 0.3) is 0 Å². The van der Waals surface area contributed by atoms with Crippen LogP contribution in [-0.2, 0) is 12.5 Å². The summed E-state index contributed by atoms with van der Waals surface area (Å²) in [5.74, 6) is 0.706. The first kappa shape index (κ1) is 14.4. The molecule has 0 aliphatic carbocycles. The van der Waals surface area contributed by atoms with Crippen molar-refractivity contribution in [2.75, 3.05) is 6.61 Å². The maximum absolute atomic E-state index is 12.0. The molecule has 0 amide bonds. The lowest BCUT2D eigenvalue weighted by Gasteiger charge is -2.19. The molecule has 1 heterocycles. The van der Waals surface area contributed by atoms with Gasteiger partial charge in [0.1, 0.15) is 5.75 Å². The van der Waals surface area contributed by atoms with Gasteiger partial charge < -0.3 is 9.30 Å². The van der Waals surface area contributed by atoms with Crippen LogP contribution in [0.3, 0.4) is 0 Å². The molecule has 0 aliphatic heterocycles. The predicted molar refractivity (Wildman–Crippen MR) is 80.4 cm³/mol. The molecule has 3 heteroatoms. The highest BCUT2D eigenvalue weighted by Crippen LogP contribution is 2.24. The van der Waals surface area contributed by atoms with Crippen molar-refractivity contribution in [2.45, 2.75) is 26.2 Å². The van der Waals surface area contributed by atoms with Crippen LogP contribution in [0.25, 0.3) is 0 Å². The van der Waals surface area contributed by atoms with E-state index in [1.807, 2.05) is 43.6 Å². The molecule has 0 radical (unpaired) electrons. The zero-order chi connectivity index (χ0) is 14.8. The monoisotopic (exact) mass is 271 g/mol. The van der Waals surface area contributed by atoms with Crippen molar-refractivity contribution in [3.8, 4) is 5.75 Å². The van der Waals surface area contributed by atoms with Crippen LogP contribution in [0.15, 0.2) is 42.6 Å². The molecule has 2 aromatic rings. The van der Waals surface area contributed by atoms with E-state index in [9.17, 15) is 4.79 Å². The maximum Gasteiger partial charge on any atom is 0.216 e. The highest BCUT2D eigenvalue weighted by molar-refractivity contribution is 5.95. The summed E-state index contributed by atoms with van der Waals surface area (Å²) >= 11 is 0. The maximum atomic E-state index is 12.0. The first-order chi connectivity index (χ1) is 9.38. The molecular weight excluding hydrogens is 250 g/mol. The Hall–Kier alpha value is -2.03. The molecule has 0 saturated heterocycles. The predicted octanol–water partition coefficient (Wildman–Crippen LogP) is 3.58. The largest absolute Gasteiger partial charge is 0.485 e. The van der Waals surface area contributed by atoms with Gasteiger partial charge in [-0.1, -0.05) is 32.9 Å². The van der Waals surface area contributed by atoms with E-state index in [4.69, 9.17) is 4.74 Å². The average molecular weight is 271 g/mol. The lowest BCUT2D eigenvalue weighted by Crippen LogP contribution is -2.15. The first-order valence-electron chi connectivity index (χ1n) is 6.76. The van der Waals surface area contributed by atoms with Gasteiger partial charge in [0.15, 0.2) is 6.61 Å². The van der Waals surface area contributed by atoms with E-state index in [2.05, 4.69) is 20.8 Å². The van der Waals surface area contributed by atoms with Crippen LogP contribution in [0.5, 0.6) is 5.75 Å². The summed E-state index contributed by atoms with van der Waals surface area (Å²) in [4.78, 5) is 12.0. The number of carbonyl (C=O) groups excluding carboxylic acids is 1. The van der Waals surface area contributed by atoms with Crippen LogP contribution < -0.4 is 4.74 Å². The fourth-order valence-electron chi connectivity index (χ4n) is 2.02. The van der Waals surface area contributed by atoms with Gasteiger partial charge in [0.2, 0.25) is 5.78 Å². The number of ether oxygens (including phenoxy) is 1. The molecule has 0 spiro atoms. The molecule has 0 N–H and O–H groups in total. The Morgan fingerprint density at radius 1 is 1.15 bits per heavy atom. The Bertz CT molecular complexity index is 588. The van der Waals surface area contributed by atoms with E-state index in [1.165, 1.54) is 5.56 Å². The van der Waals surface area contributed by atoms with Crippen molar-refractivity contribution < 1.29 is 9.53 Å². The summed E-state index contributed by atoms with van der Waals surface area (Å²) in [5, 5.41) is 0. The Balaban J connectivity index is 1.98. The van der Waals surface area contributed by atoms with E-state index in [1.54, 1.807) is 10.6 Å². The zero-order valence-corrected chi connectivity index (χ0v) is 12.5. The quantitative estimate of drug-likeness (QED) is 0.796. The van der Waals surface area contributed by atoms with Gasteiger partial charge in [0, 0.05) is 13.2 Å². The molecule has 0 fully saturated rings. The summed E-state index contributed by atoms with van der Waals surface area (Å²) in [6.07, 6.45) is 1.85. The molecule has 0 saturated carbocycles. The summed E-state index contributed by atoms with van der Waals surface area (Å²) in [6.45, 7) is 6.57. The smallest absolute Gasteiger partial charge is 0.216 e. The lowest BCUT2D eigenvalue weighted by atomic mass is 9.87. The Labute approximate surface area is 120 Å². The molecule has 0 bridgehead atoms. The van der Waals surface area contributed by atoms with E-state index in [0.29, 0.717) is 5.69 Å². The minimum absolute atomic E-state index is 0.0163. The van der Waals surface area contributed by atoms with Crippen molar-refractivity contribution in [3.63, 3.8) is 0 Å². The van der Waals surface area contributed by atoms with Gasteiger partial charge in [-0.25, -0.2) is 0 Å². The van der Waals surface area contributed by atoms with Crippen molar-refractivity contribution >= 4 is 5.78 Å². The number of nitrogens with zero attached hydrogens (tertiary/aromatic N) is 1. The molecule has 1 aromatic carbocycles. The Morgan fingerprint density at radius 3 is 2.30 bits per heavy atom. The third kappa shape index (κ3) is 3.29. The van der Waals surface area contributed by atoms with E-state index in [-0.39, 0.29) is 17.8 Å². The Kier molecular flexibility index (Phi) is 3.98. The molecule has 106 valence electrons. The number of rotatable bonds is 4. The second-order valence-corrected chi connectivity index (χ2v) is 5.99. The number of ketones is 1. The van der Waals surface area contributed by atoms with E-state index in [0.717, 1.165) is 5.75 Å². The number of hydrogen-bond donors (Lipinski definition) is 0. The molecule has 2 rings (SSSR count). The minimum Gasteiger partial charge on any atom is -0.485 e. The summed E-state index contributed by atoms with van der Waals surface area (Å²) < 4.78 is 7.35. The third-order valence-electron chi connectivity index (χ3n) is 3.32. The molecular formula is C17H21NO2. The second kappa shape index (κ2) is 5.53. The summed E-state index contributed by atoms with van der Waals surface area (Å²) in [5.41, 5.74) is 2.03. The van der Waals surface area contributed by atoms with Crippen LogP contribution in [0.4, 0.5) is 0 Å².